The number of hydrogen-bond acceptors (Lipinski definition) is 6. The molecule has 7 nitrogen and oxygen atoms in total. The zero-order chi connectivity index (χ0) is 23.0. The molecule has 0 saturated heterocycles. The van der Waals surface area contributed by atoms with Crippen LogP contribution < -0.4 is 10.4 Å². The maximum atomic E-state index is 12.7. The Labute approximate surface area is 194 Å². The summed E-state index contributed by atoms with van der Waals surface area (Å²) in [6.07, 6.45) is 2.73. The first kappa shape index (κ1) is 22.2. The van der Waals surface area contributed by atoms with Gasteiger partial charge in [0.25, 0.3) is 5.91 Å². The van der Waals surface area contributed by atoms with E-state index >= 15 is 0 Å². The van der Waals surface area contributed by atoms with Crippen molar-refractivity contribution in [2.45, 2.75) is 13.2 Å². The monoisotopic (exact) mass is 459 g/mol. The van der Waals surface area contributed by atoms with E-state index in [1.54, 1.807) is 72.3 Å². The van der Waals surface area contributed by atoms with Crippen LogP contribution in [0.2, 0.25) is 0 Å². The number of amides is 2. The Morgan fingerprint density at radius 3 is 2.58 bits per heavy atom. The van der Waals surface area contributed by atoms with E-state index in [4.69, 9.17) is 4.74 Å². The van der Waals surface area contributed by atoms with Crippen molar-refractivity contribution in [3.8, 4) is 10.4 Å². The molecule has 0 spiro atoms. The molecule has 0 saturated carbocycles. The molecule has 33 heavy (non-hydrogen) atoms. The topological polar surface area (TPSA) is 91.8 Å². The van der Waals surface area contributed by atoms with Gasteiger partial charge in [-0.1, -0.05) is 36.4 Å². The number of benzene rings is 2. The molecule has 2 amide bonds. The summed E-state index contributed by atoms with van der Waals surface area (Å²) < 4.78 is 5.15. The number of rotatable bonds is 7. The zero-order valence-electron chi connectivity index (χ0n) is 17.5. The van der Waals surface area contributed by atoms with Crippen molar-refractivity contribution in [2.75, 3.05) is 5.06 Å². The highest BCUT2D eigenvalue weighted by molar-refractivity contribution is 7.13. The molecule has 0 fully saturated rings. The molecule has 4 aromatic rings. The van der Waals surface area contributed by atoms with Gasteiger partial charge in [-0.3, -0.25) is 15.0 Å². The van der Waals surface area contributed by atoms with E-state index < -0.39 is 12.0 Å². The first-order valence-electron chi connectivity index (χ1n) is 10.2. The summed E-state index contributed by atoms with van der Waals surface area (Å²) in [5.74, 6) is -0.547. The van der Waals surface area contributed by atoms with Crippen molar-refractivity contribution in [3.05, 3.63) is 107 Å². The molecule has 4 rings (SSSR count). The largest absolute Gasteiger partial charge is 0.445 e. The second-order valence-corrected chi connectivity index (χ2v) is 8.08. The Morgan fingerprint density at radius 1 is 1.00 bits per heavy atom. The lowest BCUT2D eigenvalue weighted by molar-refractivity contribution is 0.0854. The first-order valence-corrected chi connectivity index (χ1v) is 11.0. The van der Waals surface area contributed by atoms with Crippen LogP contribution in [0.25, 0.3) is 10.4 Å². The van der Waals surface area contributed by atoms with Crippen LogP contribution in [-0.4, -0.2) is 22.2 Å². The molecule has 2 heterocycles. The van der Waals surface area contributed by atoms with Gasteiger partial charge in [0, 0.05) is 34.9 Å². The van der Waals surface area contributed by atoms with E-state index in [1.807, 2.05) is 29.6 Å². The number of ether oxygens (including phenoxy) is 1. The highest BCUT2D eigenvalue weighted by Gasteiger charge is 2.16. The van der Waals surface area contributed by atoms with Crippen LogP contribution in [0.5, 0.6) is 0 Å². The van der Waals surface area contributed by atoms with Crippen LogP contribution in [0, 0.1) is 0 Å². The van der Waals surface area contributed by atoms with Gasteiger partial charge in [0.05, 0.1) is 5.69 Å². The zero-order valence-corrected chi connectivity index (χ0v) is 18.4. The lowest BCUT2D eigenvalue weighted by Gasteiger charge is -2.16. The number of carbonyl (C=O) groups is 2. The van der Waals surface area contributed by atoms with Crippen molar-refractivity contribution >= 4 is 29.0 Å². The predicted molar refractivity (Wildman–Crippen MR) is 126 cm³/mol. The number of nitrogens with zero attached hydrogens (tertiary/aromatic N) is 2. The molecule has 0 radical (unpaired) electrons. The fourth-order valence-corrected chi connectivity index (χ4v) is 3.82. The Kier molecular flexibility index (Phi) is 7.09. The number of aromatic nitrogens is 1. The van der Waals surface area contributed by atoms with E-state index in [0.717, 1.165) is 21.6 Å². The summed E-state index contributed by atoms with van der Waals surface area (Å²) in [7, 11) is 0. The number of thiophene rings is 1. The highest BCUT2D eigenvalue weighted by Crippen LogP contribution is 2.28. The minimum absolute atomic E-state index is 0.132. The molecule has 0 unspecified atom stereocenters. The summed E-state index contributed by atoms with van der Waals surface area (Å²) in [6.45, 7) is 0.374. The van der Waals surface area contributed by atoms with Gasteiger partial charge in [-0.25, -0.2) is 4.79 Å². The van der Waals surface area contributed by atoms with E-state index in [1.165, 1.54) is 0 Å². The average molecular weight is 460 g/mol. The normalized spacial score (nSPS) is 10.5. The van der Waals surface area contributed by atoms with Crippen LogP contribution in [0.1, 0.15) is 21.5 Å². The lowest BCUT2D eigenvalue weighted by Crippen LogP contribution is -2.27. The average Bonchev–Trinajstić information content (AvgIpc) is 3.42. The van der Waals surface area contributed by atoms with E-state index in [-0.39, 0.29) is 13.2 Å². The highest BCUT2D eigenvalue weighted by atomic mass is 32.1. The maximum absolute atomic E-state index is 12.7. The molecule has 0 atom stereocenters. The number of hydroxylamine groups is 1. The van der Waals surface area contributed by atoms with Gasteiger partial charge in [-0.05, 0) is 52.9 Å². The number of alkyl carbamates (subject to hydrolysis) is 1. The smallest absolute Gasteiger partial charge is 0.407 e. The Morgan fingerprint density at radius 2 is 1.85 bits per heavy atom. The first-order chi connectivity index (χ1) is 16.1. The van der Waals surface area contributed by atoms with Gasteiger partial charge in [0.1, 0.15) is 6.61 Å². The van der Waals surface area contributed by atoms with Crippen molar-refractivity contribution in [1.29, 1.82) is 0 Å². The Hall–Kier alpha value is -4.01. The summed E-state index contributed by atoms with van der Waals surface area (Å²) in [5.41, 5.74) is 3.21. The van der Waals surface area contributed by atoms with Crippen LogP contribution >= 0.6 is 11.3 Å². The standard InChI is InChI=1S/C25H21N3O4S/c29-24(28(31)22-6-1-5-21(14-22)23-7-3-13-33-23)20-10-8-18(9-11-20)16-27-25(30)32-17-19-4-2-12-26-15-19/h1-15,31H,16-17H2,(H,27,30). The molecule has 0 aliphatic carbocycles. The number of pyridine rings is 1. The molecule has 8 heteroatoms. The van der Waals surface area contributed by atoms with E-state index in [2.05, 4.69) is 10.3 Å². The molecule has 2 aromatic carbocycles. The molecular weight excluding hydrogens is 438 g/mol. The second kappa shape index (κ2) is 10.5. The minimum atomic E-state index is -0.550. The third-order valence-corrected chi connectivity index (χ3v) is 5.74. The number of nitrogens with one attached hydrogen (secondary N) is 1. The second-order valence-electron chi connectivity index (χ2n) is 7.13. The van der Waals surface area contributed by atoms with Crippen LogP contribution in [0.15, 0.2) is 90.6 Å². The van der Waals surface area contributed by atoms with E-state index in [0.29, 0.717) is 16.3 Å². The molecule has 0 bridgehead atoms. The lowest BCUT2D eigenvalue weighted by atomic mass is 10.1. The molecule has 0 aliphatic rings. The number of anilines is 1. The summed E-state index contributed by atoms with van der Waals surface area (Å²) in [6, 6.07) is 21.3. The summed E-state index contributed by atoms with van der Waals surface area (Å²) in [5, 5.41) is 15.7. The molecule has 166 valence electrons. The molecule has 2 N–H and O–H groups in total. The van der Waals surface area contributed by atoms with E-state index in [9.17, 15) is 14.8 Å². The number of hydrogen-bond donors (Lipinski definition) is 2. The van der Waals surface area contributed by atoms with Crippen LogP contribution in [0.4, 0.5) is 10.5 Å². The fourth-order valence-electron chi connectivity index (χ4n) is 3.10. The third kappa shape index (κ3) is 5.82. The minimum Gasteiger partial charge on any atom is -0.445 e. The summed E-state index contributed by atoms with van der Waals surface area (Å²) in [4.78, 5) is 29.6. The van der Waals surface area contributed by atoms with Crippen molar-refractivity contribution < 1.29 is 19.5 Å². The molecular formula is C25H21N3O4S. The van der Waals surface area contributed by atoms with Crippen molar-refractivity contribution in [1.82, 2.24) is 10.3 Å². The maximum Gasteiger partial charge on any atom is 0.407 e. The van der Waals surface area contributed by atoms with Crippen LogP contribution in [-0.2, 0) is 17.9 Å². The van der Waals surface area contributed by atoms with Gasteiger partial charge in [0.15, 0.2) is 0 Å². The SMILES string of the molecule is O=C(NCc1ccc(C(=O)N(O)c2cccc(-c3cccs3)c2)cc1)OCc1cccnc1. The third-order valence-electron chi connectivity index (χ3n) is 4.82. The van der Waals surface area contributed by atoms with Gasteiger partial charge in [-0.2, -0.15) is 5.06 Å². The van der Waals surface area contributed by atoms with Gasteiger partial charge < -0.3 is 10.1 Å². The molecule has 0 aliphatic heterocycles. The Balaban J connectivity index is 1.32. The van der Waals surface area contributed by atoms with Crippen LogP contribution in [0.3, 0.4) is 0 Å². The summed E-state index contributed by atoms with van der Waals surface area (Å²) >= 11 is 1.58. The van der Waals surface area contributed by atoms with Gasteiger partial charge >= 0.3 is 6.09 Å². The Bertz CT molecular complexity index is 1210. The quantitative estimate of drug-likeness (QED) is 0.290. The fraction of sp³-hybridized carbons (Fsp3) is 0.0800. The van der Waals surface area contributed by atoms with Crippen molar-refractivity contribution in [3.63, 3.8) is 0 Å². The van der Waals surface area contributed by atoms with Gasteiger partial charge in [-0.15, -0.1) is 11.3 Å². The predicted octanol–water partition coefficient (Wildman–Crippen LogP) is 5.27. The number of carbonyl (C=O) groups excluding carboxylic acids is 2. The molecule has 2 aromatic heterocycles. The van der Waals surface area contributed by atoms with Crippen molar-refractivity contribution in [2.24, 2.45) is 0 Å². The van der Waals surface area contributed by atoms with Gasteiger partial charge in [0.2, 0.25) is 0 Å².